The van der Waals surface area contributed by atoms with Gasteiger partial charge in [0.2, 0.25) is 0 Å². The number of halogens is 1. The van der Waals surface area contributed by atoms with E-state index in [4.69, 9.17) is 11.6 Å². The second-order valence-electron chi connectivity index (χ2n) is 4.31. The summed E-state index contributed by atoms with van der Waals surface area (Å²) in [7, 11) is 0. The Hall–Kier alpha value is 0.393. The maximum absolute atomic E-state index is 6.15. The van der Waals surface area contributed by atoms with Crippen LogP contribution in [0.4, 0.5) is 0 Å². The molecular formula is C10H13ClRh. The molecule has 2 heteroatoms. The standard InChI is InChI=1S/C10H13Cl.Rh/c1-9(2)7-4-5-10(9,3)8(11)6-7;/h4,6H,5H2,1-3H3;. The fraction of sp³-hybridized carbons (Fsp3) is 0.600. The van der Waals surface area contributed by atoms with Crippen molar-refractivity contribution in [3.05, 3.63) is 22.8 Å². The SMILES string of the molecule is CC1(C)C2=CCC1(C)C(Cl)=C2.[Rh]. The fourth-order valence-corrected chi connectivity index (χ4v) is 2.51. The first-order chi connectivity index (χ1) is 4.98. The van der Waals surface area contributed by atoms with Gasteiger partial charge in [0, 0.05) is 29.9 Å². The first kappa shape index (κ1) is 10.5. The molecule has 0 heterocycles. The molecule has 0 aliphatic heterocycles. The molecule has 0 fully saturated rings. The van der Waals surface area contributed by atoms with Crippen LogP contribution in [0.2, 0.25) is 0 Å². The van der Waals surface area contributed by atoms with Gasteiger partial charge in [-0.3, -0.25) is 0 Å². The zero-order chi connectivity index (χ0) is 8.28. The van der Waals surface area contributed by atoms with E-state index in [1.54, 1.807) is 0 Å². The maximum Gasteiger partial charge on any atom is 0.0254 e. The van der Waals surface area contributed by atoms with Crippen molar-refractivity contribution in [2.24, 2.45) is 10.8 Å². The molecule has 12 heavy (non-hydrogen) atoms. The van der Waals surface area contributed by atoms with Crippen molar-refractivity contribution in [1.82, 2.24) is 0 Å². The molecule has 69 valence electrons. The van der Waals surface area contributed by atoms with Gasteiger partial charge in [-0.1, -0.05) is 38.4 Å². The summed E-state index contributed by atoms with van der Waals surface area (Å²) >= 11 is 6.15. The van der Waals surface area contributed by atoms with Gasteiger partial charge in [-0.15, -0.1) is 0 Å². The molecule has 0 amide bonds. The van der Waals surface area contributed by atoms with Gasteiger partial charge in [0.15, 0.2) is 0 Å². The van der Waals surface area contributed by atoms with Crippen LogP contribution in [0, 0.1) is 10.8 Å². The third kappa shape index (κ3) is 0.931. The van der Waals surface area contributed by atoms with E-state index < -0.39 is 0 Å². The topological polar surface area (TPSA) is 0 Å². The summed E-state index contributed by atoms with van der Waals surface area (Å²) in [5, 5.41) is 1.04. The van der Waals surface area contributed by atoms with E-state index in [1.165, 1.54) is 5.57 Å². The van der Waals surface area contributed by atoms with Crippen LogP contribution in [0.1, 0.15) is 27.2 Å². The summed E-state index contributed by atoms with van der Waals surface area (Å²) in [6, 6.07) is 0. The van der Waals surface area contributed by atoms with Crippen LogP contribution in [0.15, 0.2) is 22.8 Å². The number of rotatable bonds is 0. The van der Waals surface area contributed by atoms with Crippen molar-refractivity contribution in [2.75, 3.05) is 0 Å². The first-order valence-corrected chi connectivity index (χ1v) is 4.44. The Labute approximate surface area is 91.8 Å². The summed E-state index contributed by atoms with van der Waals surface area (Å²) in [5.74, 6) is 0. The van der Waals surface area contributed by atoms with E-state index in [1.807, 2.05) is 0 Å². The summed E-state index contributed by atoms with van der Waals surface area (Å²) in [4.78, 5) is 0. The smallest absolute Gasteiger partial charge is 0.0254 e. The predicted octanol–water partition coefficient (Wildman–Crippen LogP) is 3.48. The van der Waals surface area contributed by atoms with E-state index in [0.29, 0.717) is 0 Å². The van der Waals surface area contributed by atoms with Crippen LogP contribution in [0.3, 0.4) is 0 Å². The minimum atomic E-state index is 0. The van der Waals surface area contributed by atoms with E-state index in [2.05, 4.69) is 32.9 Å². The first-order valence-electron chi connectivity index (χ1n) is 4.07. The van der Waals surface area contributed by atoms with Crippen molar-refractivity contribution < 1.29 is 19.5 Å². The van der Waals surface area contributed by atoms with E-state index >= 15 is 0 Å². The number of hydrogen-bond acceptors (Lipinski definition) is 0. The second-order valence-corrected chi connectivity index (χ2v) is 4.72. The van der Waals surface area contributed by atoms with Gasteiger partial charge in [0.25, 0.3) is 0 Å². The third-order valence-electron chi connectivity index (χ3n) is 3.64. The van der Waals surface area contributed by atoms with Gasteiger partial charge in [0.05, 0.1) is 0 Å². The number of hydrogen-bond donors (Lipinski definition) is 0. The normalized spacial score (nSPS) is 35.7. The summed E-state index contributed by atoms with van der Waals surface area (Å²) in [5.41, 5.74) is 1.89. The van der Waals surface area contributed by atoms with Crippen molar-refractivity contribution >= 4 is 11.6 Å². The number of fused-ring (bicyclic) bond motifs is 2. The van der Waals surface area contributed by atoms with Gasteiger partial charge in [-0.05, 0) is 23.5 Å². The second kappa shape index (κ2) is 2.69. The van der Waals surface area contributed by atoms with Crippen LogP contribution < -0.4 is 0 Å². The average molecular weight is 272 g/mol. The fourth-order valence-electron chi connectivity index (χ4n) is 2.07. The Bertz CT molecular complexity index is 276. The Morgan fingerprint density at radius 3 is 2.08 bits per heavy atom. The Balaban J connectivity index is 0.000000720. The molecule has 1 atom stereocenters. The average Bonchev–Trinajstić information content (AvgIpc) is 2.20. The van der Waals surface area contributed by atoms with Crippen LogP contribution >= 0.6 is 11.6 Å². The van der Waals surface area contributed by atoms with Crippen molar-refractivity contribution in [1.29, 1.82) is 0 Å². The molecular weight excluding hydrogens is 258 g/mol. The van der Waals surface area contributed by atoms with Crippen LogP contribution in [-0.4, -0.2) is 0 Å². The molecule has 0 saturated heterocycles. The van der Waals surface area contributed by atoms with Crippen molar-refractivity contribution in [3.8, 4) is 0 Å². The van der Waals surface area contributed by atoms with Crippen LogP contribution in [0.25, 0.3) is 0 Å². The molecule has 0 saturated carbocycles. The molecule has 2 bridgehead atoms. The Kier molecular flexibility index (Phi) is 2.35. The molecule has 0 aromatic carbocycles. The molecule has 0 aromatic heterocycles. The quantitative estimate of drug-likeness (QED) is 0.592. The van der Waals surface area contributed by atoms with Crippen molar-refractivity contribution in [2.45, 2.75) is 27.2 Å². The van der Waals surface area contributed by atoms with Gasteiger partial charge in [-0.2, -0.15) is 0 Å². The third-order valence-corrected chi connectivity index (χ3v) is 4.17. The van der Waals surface area contributed by atoms with Crippen molar-refractivity contribution in [3.63, 3.8) is 0 Å². The molecule has 1 unspecified atom stereocenters. The Morgan fingerprint density at radius 1 is 1.33 bits per heavy atom. The van der Waals surface area contributed by atoms with Crippen LogP contribution in [-0.2, 0) is 19.5 Å². The molecule has 2 rings (SSSR count). The van der Waals surface area contributed by atoms with Gasteiger partial charge >= 0.3 is 0 Å². The summed E-state index contributed by atoms with van der Waals surface area (Å²) in [6.07, 6.45) is 5.56. The maximum atomic E-state index is 6.15. The van der Waals surface area contributed by atoms with Gasteiger partial charge in [0.1, 0.15) is 0 Å². The molecule has 2 aliphatic rings. The predicted molar refractivity (Wildman–Crippen MR) is 48.5 cm³/mol. The van der Waals surface area contributed by atoms with Crippen LogP contribution in [0.5, 0.6) is 0 Å². The molecule has 0 spiro atoms. The van der Waals surface area contributed by atoms with Gasteiger partial charge in [-0.25, -0.2) is 0 Å². The monoisotopic (exact) mass is 271 g/mol. The summed E-state index contributed by atoms with van der Waals surface area (Å²) in [6.45, 7) is 6.80. The minimum Gasteiger partial charge on any atom is -0.0885 e. The Morgan fingerprint density at radius 2 is 1.92 bits per heavy atom. The number of allylic oxidation sites excluding steroid dienone is 4. The molecule has 0 aromatic rings. The molecule has 0 N–H and O–H groups in total. The minimum absolute atomic E-state index is 0. The van der Waals surface area contributed by atoms with Gasteiger partial charge < -0.3 is 0 Å². The van der Waals surface area contributed by atoms with E-state index in [-0.39, 0.29) is 30.3 Å². The van der Waals surface area contributed by atoms with E-state index in [0.717, 1.165) is 11.5 Å². The molecule has 2 aliphatic carbocycles. The molecule has 1 radical (unpaired) electrons. The summed E-state index contributed by atoms with van der Waals surface area (Å²) < 4.78 is 0. The molecule has 0 nitrogen and oxygen atoms in total. The zero-order valence-corrected chi connectivity index (χ0v) is 9.97. The van der Waals surface area contributed by atoms with E-state index in [9.17, 15) is 0 Å². The largest absolute Gasteiger partial charge is 0.0885 e. The zero-order valence-electron chi connectivity index (χ0n) is 7.57.